The second kappa shape index (κ2) is 7.84. The van der Waals surface area contributed by atoms with Crippen LogP contribution in [0, 0.1) is 0 Å². The van der Waals surface area contributed by atoms with Crippen LogP contribution in [0.2, 0.25) is 0 Å². The van der Waals surface area contributed by atoms with Gasteiger partial charge in [0.15, 0.2) is 0 Å². The van der Waals surface area contributed by atoms with E-state index in [-0.39, 0.29) is 5.91 Å². The Hall–Kier alpha value is -1.36. The lowest BCUT2D eigenvalue weighted by atomic mass is 10.3. The summed E-state index contributed by atoms with van der Waals surface area (Å²) >= 11 is 0. The molecule has 0 aliphatic carbocycles. The SMILES string of the molecule is CCCNC(=O)CCNCCc1nccn1C. The highest BCUT2D eigenvalue weighted by molar-refractivity contribution is 5.75. The number of hydrogen-bond acceptors (Lipinski definition) is 3. The van der Waals surface area contributed by atoms with Crippen LogP contribution in [-0.4, -0.2) is 35.1 Å². The minimum atomic E-state index is 0.122. The van der Waals surface area contributed by atoms with Gasteiger partial charge in [-0.05, 0) is 6.42 Å². The van der Waals surface area contributed by atoms with Crippen molar-refractivity contribution in [2.24, 2.45) is 7.05 Å². The van der Waals surface area contributed by atoms with Gasteiger partial charge in [-0.2, -0.15) is 0 Å². The molecule has 17 heavy (non-hydrogen) atoms. The van der Waals surface area contributed by atoms with E-state index in [0.29, 0.717) is 6.42 Å². The minimum Gasteiger partial charge on any atom is -0.356 e. The smallest absolute Gasteiger partial charge is 0.221 e. The summed E-state index contributed by atoms with van der Waals surface area (Å²) in [4.78, 5) is 15.5. The molecule has 0 aromatic carbocycles. The summed E-state index contributed by atoms with van der Waals surface area (Å²) in [6.45, 7) is 4.39. The molecule has 1 rings (SSSR count). The predicted molar refractivity (Wildman–Crippen MR) is 67.7 cm³/mol. The Kier molecular flexibility index (Phi) is 6.32. The monoisotopic (exact) mass is 238 g/mol. The number of carbonyl (C=O) groups excluding carboxylic acids is 1. The molecule has 0 aliphatic heterocycles. The largest absolute Gasteiger partial charge is 0.356 e. The second-order valence-corrected chi connectivity index (χ2v) is 4.05. The maximum absolute atomic E-state index is 11.3. The quantitative estimate of drug-likeness (QED) is 0.647. The third-order valence-electron chi connectivity index (χ3n) is 2.55. The molecule has 0 bridgehead atoms. The fourth-order valence-corrected chi connectivity index (χ4v) is 1.52. The summed E-state index contributed by atoms with van der Waals surface area (Å²) in [7, 11) is 1.99. The van der Waals surface area contributed by atoms with Gasteiger partial charge in [-0.1, -0.05) is 6.92 Å². The first kappa shape index (κ1) is 13.7. The van der Waals surface area contributed by atoms with Crippen molar-refractivity contribution in [1.82, 2.24) is 20.2 Å². The number of carbonyl (C=O) groups is 1. The molecule has 1 aromatic heterocycles. The van der Waals surface area contributed by atoms with Crippen molar-refractivity contribution in [3.8, 4) is 0 Å². The molecule has 0 radical (unpaired) electrons. The molecule has 2 N–H and O–H groups in total. The molecule has 5 heteroatoms. The predicted octanol–water partition coefficient (Wildman–Crippen LogP) is 0.469. The number of nitrogens with zero attached hydrogens (tertiary/aromatic N) is 2. The third-order valence-corrected chi connectivity index (χ3v) is 2.55. The maximum atomic E-state index is 11.3. The van der Waals surface area contributed by atoms with Crippen LogP contribution in [0.5, 0.6) is 0 Å². The van der Waals surface area contributed by atoms with Crippen LogP contribution in [0.25, 0.3) is 0 Å². The first-order valence-corrected chi connectivity index (χ1v) is 6.17. The van der Waals surface area contributed by atoms with E-state index in [1.807, 2.05) is 24.7 Å². The first-order valence-electron chi connectivity index (χ1n) is 6.17. The van der Waals surface area contributed by atoms with Gasteiger partial charge in [-0.25, -0.2) is 4.98 Å². The standard InChI is InChI=1S/C12H22N4O/c1-3-6-15-12(17)5-8-13-7-4-11-14-9-10-16(11)2/h9-10,13H,3-8H2,1-2H3,(H,15,17). The highest BCUT2D eigenvalue weighted by Gasteiger charge is 2.00. The summed E-state index contributed by atoms with van der Waals surface area (Å²) in [5.74, 6) is 1.18. The lowest BCUT2D eigenvalue weighted by Gasteiger charge is -2.05. The Morgan fingerprint density at radius 2 is 2.24 bits per heavy atom. The Morgan fingerprint density at radius 3 is 2.88 bits per heavy atom. The van der Waals surface area contributed by atoms with Gasteiger partial charge in [-0.3, -0.25) is 4.79 Å². The molecule has 0 unspecified atom stereocenters. The van der Waals surface area contributed by atoms with Gasteiger partial charge >= 0.3 is 0 Å². The molecule has 1 amide bonds. The maximum Gasteiger partial charge on any atom is 0.221 e. The molecule has 96 valence electrons. The van der Waals surface area contributed by atoms with Crippen molar-refractivity contribution in [3.63, 3.8) is 0 Å². The number of aromatic nitrogens is 2. The summed E-state index contributed by atoms with van der Waals surface area (Å²) in [6.07, 6.45) is 6.15. The Bertz CT molecular complexity index is 335. The second-order valence-electron chi connectivity index (χ2n) is 4.05. The first-order chi connectivity index (χ1) is 8.24. The molecule has 0 fully saturated rings. The van der Waals surface area contributed by atoms with Crippen molar-refractivity contribution in [3.05, 3.63) is 18.2 Å². The average Bonchev–Trinajstić information content (AvgIpc) is 2.72. The van der Waals surface area contributed by atoms with E-state index in [4.69, 9.17) is 0 Å². The zero-order valence-corrected chi connectivity index (χ0v) is 10.7. The highest BCUT2D eigenvalue weighted by atomic mass is 16.1. The fraction of sp³-hybridized carbons (Fsp3) is 0.667. The number of hydrogen-bond donors (Lipinski definition) is 2. The fourth-order valence-electron chi connectivity index (χ4n) is 1.52. The van der Waals surface area contributed by atoms with Crippen LogP contribution in [0.4, 0.5) is 0 Å². The van der Waals surface area contributed by atoms with E-state index >= 15 is 0 Å². The van der Waals surface area contributed by atoms with Gasteiger partial charge in [0.25, 0.3) is 0 Å². The zero-order chi connectivity index (χ0) is 12.5. The van der Waals surface area contributed by atoms with Crippen molar-refractivity contribution in [1.29, 1.82) is 0 Å². The van der Waals surface area contributed by atoms with Gasteiger partial charge in [0.05, 0.1) is 0 Å². The Morgan fingerprint density at radius 1 is 1.41 bits per heavy atom. The van der Waals surface area contributed by atoms with E-state index in [2.05, 4.69) is 15.6 Å². The van der Waals surface area contributed by atoms with E-state index in [9.17, 15) is 4.79 Å². The number of rotatable bonds is 8. The van der Waals surface area contributed by atoms with Crippen molar-refractivity contribution in [2.45, 2.75) is 26.2 Å². The molecule has 0 spiro atoms. The summed E-state index contributed by atoms with van der Waals surface area (Å²) in [6, 6.07) is 0. The van der Waals surface area contributed by atoms with E-state index in [0.717, 1.165) is 38.3 Å². The normalized spacial score (nSPS) is 10.5. The Balaban J connectivity index is 2.01. The van der Waals surface area contributed by atoms with Crippen molar-refractivity contribution in [2.75, 3.05) is 19.6 Å². The molecule has 0 saturated heterocycles. The zero-order valence-electron chi connectivity index (χ0n) is 10.7. The molecule has 1 heterocycles. The average molecular weight is 238 g/mol. The van der Waals surface area contributed by atoms with Crippen molar-refractivity contribution >= 4 is 5.91 Å². The lowest BCUT2D eigenvalue weighted by Crippen LogP contribution is -2.29. The van der Waals surface area contributed by atoms with Gasteiger partial charge in [0.2, 0.25) is 5.91 Å². The molecule has 5 nitrogen and oxygen atoms in total. The number of amides is 1. The molecule has 0 atom stereocenters. The van der Waals surface area contributed by atoms with Gasteiger partial charge in [0.1, 0.15) is 5.82 Å². The molecule has 1 aromatic rings. The Labute approximate surface area is 103 Å². The van der Waals surface area contributed by atoms with Crippen LogP contribution in [0.1, 0.15) is 25.6 Å². The van der Waals surface area contributed by atoms with E-state index in [1.54, 1.807) is 6.20 Å². The highest BCUT2D eigenvalue weighted by Crippen LogP contribution is 1.93. The molecule has 0 aliphatic rings. The summed E-state index contributed by atoms with van der Waals surface area (Å²) in [5, 5.41) is 6.09. The molecular weight excluding hydrogens is 216 g/mol. The third kappa shape index (κ3) is 5.49. The summed E-state index contributed by atoms with van der Waals surface area (Å²) in [5.41, 5.74) is 0. The van der Waals surface area contributed by atoms with E-state index in [1.165, 1.54) is 0 Å². The number of aryl methyl sites for hydroxylation is 1. The summed E-state index contributed by atoms with van der Waals surface area (Å²) < 4.78 is 2.01. The van der Waals surface area contributed by atoms with E-state index < -0.39 is 0 Å². The van der Waals surface area contributed by atoms with Crippen LogP contribution in [0.15, 0.2) is 12.4 Å². The topological polar surface area (TPSA) is 59.0 Å². The van der Waals surface area contributed by atoms with Crippen LogP contribution in [-0.2, 0) is 18.3 Å². The molecular formula is C12H22N4O. The van der Waals surface area contributed by atoms with Crippen LogP contribution < -0.4 is 10.6 Å². The van der Waals surface area contributed by atoms with Gasteiger partial charge in [-0.15, -0.1) is 0 Å². The number of imidazole rings is 1. The van der Waals surface area contributed by atoms with Crippen LogP contribution >= 0.6 is 0 Å². The van der Waals surface area contributed by atoms with Gasteiger partial charge < -0.3 is 15.2 Å². The molecule has 0 saturated carbocycles. The lowest BCUT2D eigenvalue weighted by molar-refractivity contribution is -0.120. The minimum absolute atomic E-state index is 0.122. The van der Waals surface area contributed by atoms with Gasteiger partial charge in [0, 0.05) is 51.9 Å². The number of nitrogens with one attached hydrogen (secondary N) is 2. The van der Waals surface area contributed by atoms with Crippen LogP contribution in [0.3, 0.4) is 0 Å². The van der Waals surface area contributed by atoms with Crippen molar-refractivity contribution < 1.29 is 4.79 Å².